The summed E-state index contributed by atoms with van der Waals surface area (Å²) in [5, 5.41) is 3.11. The summed E-state index contributed by atoms with van der Waals surface area (Å²) in [7, 11) is 4.00. The van der Waals surface area contributed by atoms with Crippen molar-refractivity contribution in [3.05, 3.63) is 29.8 Å². The second kappa shape index (κ2) is 12.1. The number of halogens is 9. The van der Waals surface area contributed by atoms with Gasteiger partial charge in [0.25, 0.3) is 0 Å². The number of nitrogens with zero attached hydrogens (tertiary/aromatic N) is 2. The summed E-state index contributed by atoms with van der Waals surface area (Å²) in [4.78, 5) is 36.0. The molecule has 1 N–H and O–H groups in total. The predicted octanol–water partition coefficient (Wildman–Crippen LogP) is 4.55. The lowest BCUT2D eigenvalue weighted by Gasteiger charge is -2.28. The second-order valence-corrected chi connectivity index (χ2v) is 8.79. The zero-order chi connectivity index (χ0) is 28.9. The quantitative estimate of drug-likeness (QED) is 0.415. The van der Waals surface area contributed by atoms with E-state index in [0.717, 1.165) is 18.6 Å². The number of rotatable bonds is 6. The number of ketones is 2. The van der Waals surface area contributed by atoms with E-state index in [0.29, 0.717) is 24.8 Å². The topological polar surface area (TPSA) is 69.7 Å². The third kappa shape index (κ3) is 9.52. The van der Waals surface area contributed by atoms with Crippen molar-refractivity contribution in [1.82, 2.24) is 9.80 Å². The molecular formula is C22H26F9N3O3. The van der Waals surface area contributed by atoms with Crippen molar-refractivity contribution < 1.29 is 53.9 Å². The molecule has 6 nitrogen and oxygen atoms in total. The van der Waals surface area contributed by atoms with Crippen LogP contribution in [0.15, 0.2) is 24.3 Å². The fourth-order valence-corrected chi connectivity index (χ4v) is 3.27. The monoisotopic (exact) mass is 551 g/mol. The lowest BCUT2D eigenvalue weighted by atomic mass is 10.0. The normalized spacial score (nSPS) is 17.4. The van der Waals surface area contributed by atoms with Gasteiger partial charge in [-0.2, -0.15) is 39.5 Å². The smallest absolute Gasteiger partial charge is 0.373 e. The summed E-state index contributed by atoms with van der Waals surface area (Å²) < 4.78 is 105. The van der Waals surface area contributed by atoms with E-state index in [1.54, 1.807) is 0 Å². The predicted molar refractivity (Wildman–Crippen MR) is 114 cm³/mol. The van der Waals surface area contributed by atoms with E-state index in [9.17, 15) is 53.9 Å². The highest BCUT2D eigenvalue weighted by Crippen LogP contribution is 2.30. The first-order valence-corrected chi connectivity index (χ1v) is 10.8. The van der Waals surface area contributed by atoms with E-state index < -0.39 is 41.7 Å². The summed E-state index contributed by atoms with van der Waals surface area (Å²) in [6.45, 7) is 5.25. The maximum atomic E-state index is 12.9. The molecule has 0 bridgehead atoms. The third-order valence-electron chi connectivity index (χ3n) is 5.39. The first kappa shape index (κ1) is 32.2. The Morgan fingerprint density at radius 1 is 0.892 bits per heavy atom. The Morgan fingerprint density at radius 2 is 1.35 bits per heavy atom. The fourth-order valence-electron chi connectivity index (χ4n) is 3.27. The third-order valence-corrected chi connectivity index (χ3v) is 5.39. The number of carbonyl (C=O) groups is 3. The molecule has 0 saturated carbocycles. The van der Waals surface area contributed by atoms with Gasteiger partial charge in [0.05, 0.1) is 5.56 Å². The van der Waals surface area contributed by atoms with Crippen LogP contribution in [0.4, 0.5) is 45.2 Å². The number of Topliss-reactive ketones (excluding diaryl/α,β-unsaturated/α-hetero) is 2. The summed E-state index contributed by atoms with van der Waals surface area (Å²) in [5.41, 5.74) is -0.178. The average molecular weight is 551 g/mol. The SMILES string of the molecule is CC(C)[C@@H](Nc1ccc(C(F)(F)F)cc1)C(=O)N1CC[C@@H](N(C)C)C1.O=C(C(=O)C(F)(F)F)C(F)(F)F. The molecule has 0 aliphatic carbocycles. The first-order valence-electron chi connectivity index (χ1n) is 10.8. The van der Waals surface area contributed by atoms with Crippen molar-refractivity contribution in [2.75, 3.05) is 32.5 Å². The van der Waals surface area contributed by atoms with Gasteiger partial charge in [-0.3, -0.25) is 14.4 Å². The molecule has 1 aromatic carbocycles. The molecular weight excluding hydrogens is 525 g/mol. The highest BCUT2D eigenvalue weighted by atomic mass is 19.4. The molecule has 2 atom stereocenters. The summed E-state index contributed by atoms with van der Waals surface area (Å²) in [6, 6.07) is 4.70. The Kier molecular flexibility index (Phi) is 10.6. The van der Waals surface area contributed by atoms with Crippen LogP contribution in [0.2, 0.25) is 0 Å². The molecule has 0 aromatic heterocycles. The molecule has 1 heterocycles. The van der Waals surface area contributed by atoms with Gasteiger partial charge < -0.3 is 15.1 Å². The van der Waals surface area contributed by atoms with Crippen molar-refractivity contribution in [3.63, 3.8) is 0 Å². The number of hydrogen-bond donors (Lipinski definition) is 1. The molecule has 2 rings (SSSR count). The van der Waals surface area contributed by atoms with Crippen molar-refractivity contribution >= 4 is 23.2 Å². The number of alkyl halides is 9. The molecule has 0 spiro atoms. The number of likely N-dealkylation sites (N-methyl/N-ethyl adjacent to an activating group) is 1. The molecule has 0 radical (unpaired) electrons. The van der Waals surface area contributed by atoms with Crippen LogP contribution in [0.5, 0.6) is 0 Å². The lowest BCUT2D eigenvalue weighted by molar-refractivity contribution is -0.193. The van der Waals surface area contributed by atoms with E-state index in [4.69, 9.17) is 0 Å². The number of amides is 1. The van der Waals surface area contributed by atoms with Crippen LogP contribution < -0.4 is 5.32 Å². The van der Waals surface area contributed by atoms with Crippen molar-refractivity contribution in [2.24, 2.45) is 5.92 Å². The number of anilines is 1. The largest absolute Gasteiger partial charge is 0.458 e. The molecule has 210 valence electrons. The highest BCUT2D eigenvalue weighted by molar-refractivity contribution is 6.41. The van der Waals surface area contributed by atoms with Crippen molar-refractivity contribution in [2.45, 2.75) is 50.9 Å². The van der Waals surface area contributed by atoms with Crippen LogP contribution in [-0.2, 0) is 20.6 Å². The van der Waals surface area contributed by atoms with Gasteiger partial charge >= 0.3 is 30.1 Å². The molecule has 37 heavy (non-hydrogen) atoms. The Labute approximate surface area is 206 Å². The van der Waals surface area contributed by atoms with E-state index in [2.05, 4.69) is 10.2 Å². The minimum absolute atomic E-state index is 0.000696. The van der Waals surface area contributed by atoms with Crippen LogP contribution >= 0.6 is 0 Å². The second-order valence-electron chi connectivity index (χ2n) is 8.79. The summed E-state index contributed by atoms with van der Waals surface area (Å²) in [5.74, 6) is -6.79. The van der Waals surface area contributed by atoms with E-state index in [1.807, 2.05) is 32.8 Å². The van der Waals surface area contributed by atoms with Crippen LogP contribution in [-0.4, -0.2) is 78.9 Å². The maximum absolute atomic E-state index is 12.9. The molecule has 1 fully saturated rings. The number of carbonyl (C=O) groups excluding carboxylic acids is 3. The van der Waals surface area contributed by atoms with E-state index in [1.165, 1.54) is 12.1 Å². The number of hydrogen-bond acceptors (Lipinski definition) is 5. The molecule has 1 aromatic rings. The van der Waals surface area contributed by atoms with Gasteiger partial charge in [-0.15, -0.1) is 0 Å². The molecule has 1 aliphatic rings. The average Bonchev–Trinajstić information content (AvgIpc) is 3.25. The molecule has 15 heteroatoms. The van der Waals surface area contributed by atoms with Gasteiger partial charge in [0.2, 0.25) is 5.91 Å². The molecule has 0 unspecified atom stereocenters. The van der Waals surface area contributed by atoms with Crippen LogP contribution in [0, 0.1) is 5.92 Å². The number of likely N-dealkylation sites (tertiary alicyclic amines) is 1. The van der Waals surface area contributed by atoms with E-state index >= 15 is 0 Å². The van der Waals surface area contributed by atoms with Crippen molar-refractivity contribution in [1.29, 1.82) is 0 Å². The van der Waals surface area contributed by atoms with Gasteiger partial charge in [-0.1, -0.05) is 13.8 Å². The molecule has 1 amide bonds. The number of nitrogens with one attached hydrogen (secondary N) is 1. The minimum atomic E-state index is -5.77. The molecule has 1 saturated heterocycles. The lowest BCUT2D eigenvalue weighted by Crippen LogP contribution is -2.45. The maximum Gasteiger partial charge on any atom is 0.458 e. The van der Waals surface area contributed by atoms with Crippen LogP contribution in [0.3, 0.4) is 0 Å². The van der Waals surface area contributed by atoms with Crippen LogP contribution in [0.1, 0.15) is 25.8 Å². The van der Waals surface area contributed by atoms with Crippen LogP contribution in [0.25, 0.3) is 0 Å². The minimum Gasteiger partial charge on any atom is -0.373 e. The Balaban J connectivity index is 0.000000482. The standard InChI is InChI=1S/C18H26F3N3O.C4F6O2/c1-12(2)16(17(25)24-10-9-15(11-24)23(3)4)22-14-7-5-13(6-8-14)18(19,20)21;5-3(6,7)1(11)2(12)4(8,9)10/h5-8,12,15-16,22H,9-11H2,1-4H3;/t15-,16-;/m1./s1. The van der Waals surface area contributed by atoms with Gasteiger partial charge in [0.15, 0.2) is 0 Å². The van der Waals surface area contributed by atoms with Gasteiger partial charge in [0.1, 0.15) is 6.04 Å². The fraction of sp³-hybridized carbons (Fsp3) is 0.591. The summed E-state index contributed by atoms with van der Waals surface area (Å²) >= 11 is 0. The zero-order valence-electron chi connectivity index (χ0n) is 20.2. The Bertz CT molecular complexity index is 916. The Morgan fingerprint density at radius 3 is 1.68 bits per heavy atom. The summed E-state index contributed by atoms with van der Waals surface area (Å²) in [6.07, 6.45) is -15.0. The highest BCUT2D eigenvalue weighted by Gasteiger charge is 2.54. The Hall–Kier alpha value is -2.84. The molecule has 1 aliphatic heterocycles. The van der Waals surface area contributed by atoms with Gasteiger partial charge in [0, 0.05) is 24.8 Å². The van der Waals surface area contributed by atoms with Gasteiger partial charge in [-0.05, 0) is 50.7 Å². The van der Waals surface area contributed by atoms with Gasteiger partial charge in [-0.25, -0.2) is 0 Å². The van der Waals surface area contributed by atoms with E-state index in [-0.39, 0.29) is 11.8 Å². The zero-order valence-corrected chi connectivity index (χ0v) is 20.2. The first-order chi connectivity index (χ1) is 16.7. The van der Waals surface area contributed by atoms with Crippen molar-refractivity contribution in [3.8, 4) is 0 Å². The number of benzene rings is 1.